The van der Waals surface area contributed by atoms with Crippen molar-refractivity contribution in [3.8, 4) is 5.75 Å². The monoisotopic (exact) mass is 632 g/mol. The molecule has 3 aromatic carbocycles. The SMILES string of the molecule is Cc1cccc([C@H]2C3=CC[C@@H]4C(=O)N(Cc5ccccc5)C(=O)[C@@H]4[C@@H]3C[C@@]3(Cl)C(=O)N(c4ccc(F)cc4)C(=O)[C@@]23Cl)c1O. The Morgan fingerprint density at radius 2 is 1.59 bits per heavy atom. The topological polar surface area (TPSA) is 95.0 Å². The lowest BCUT2D eigenvalue weighted by atomic mass is 9.56. The van der Waals surface area contributed by atoms with Gasteiger partial charge in [-0.05, 0) is 61.1 Å². The Kier molecular flexibility index (Phi) is 6.54. The Hall–Kier alpha value is -4.01. The highest BCUT2D eigenvalue weighted by Gasteiger charge is 2.76. The van der Waals surface area contributed by atoms with Crippen molar-refractivity contribution in [3.63, 3.8) is 0 Å². The van der Waals surface area contributed by atoms with Crippen molar-refractivity contribution < 1.29 is 28.7 Å². The first-order chi connectivity index (χ1) is 21.0. The molecule has 2 heterocycles. The Labute approximate surface area is 262 Å². The van der Waals surface area contributed by atoms with Gasteiger partial charge in [-0.15, -0.1) is 23.2 Å². The minimum atomic E-state index is -2.10. The molecule has 0 unspecified atom stereocenters. The van der Waals surface area contributed by atoms with E-state index in [1.165, 1.54) is 17.0 Å². The molecule has 0 radical (unpaired) electrons. The molecule has 1 saturated carbocycles. The number of benzene rings is 3. The van der Waals surface area contributed by atoms with E-state index < -0.39 is 51.1 Å². The number of imide groups is 2. The first-order valence-electron chi connectivity index (χ1n) is 14.4. The molecule has 0 aromatic heterocycles. The van der Waals surface area contributed by atoms with Gasteiger partial charge in [0.05, 0.1) is 24.1 Å². The second-order valence-electron chi connectivity index (χ2n) is 12.0. The predicted molar refractivity (Wildman–Crippen MR) is 161 cm³/mol. The van der Waals surface area contributed by atoms with Gasteiger partial charge in [-0.3, -0.25) is 24.1 Å². The molecule has 0 spiro atoms. The Bertz CT molecular complexity index is 1780. The number of para-hydroxylation sites is 1. The summed E-state index contributed by atoms with van der Waals surface area (Å²) in [5, 5.41) is 11.3. The Morgan fingerprint density at radius 3 is 2.30 bits per heavy atom. The second-order valence-corrected chi connectivity index (χ2v) is 13.3. The molecule has 10 heteroatoms. The summed E-state index contributed by atoms with van der Waals surface area (Å²) >= 11 is 14.7. The molecular weight excluding hydrogens is 606 g/mol. The number of fused-ring (bicyclic) bond motifs is 4. The van der Waals surface area contributed by atoms with Crippen LogP contribution in [-0.2, 0) is 25.7 Å². The molecule has 6 atom stereocenters. The van der Waals surface area contributed by atoms with Crippen LogP contribution >= 0.6 is 23.2 Å². The van der Waals surface area contributed by atoms with Crippen LogP contribution in [0.5, 0.6) is 5.75 Å². The fourth-order valence-electron chi connectivity index (χ4n) is 7.65. The highest BCUT2D eigenvalue weighted by Crippen LogP contribution is 2.66. The molecule has 0 bridgehead atoms. The quantitative estimate of drug-likeness (QED) is 0.229. The van der Waals surface area contributed by atoms with Crippen molar-refractivity contribution in [3.05, 3.63) is 107 Å². The van der Waals surface area contributed by atoms with Crippen LogP contribution in [-0.4, -0.2) is 43.4 Å². The number of aromatic hydroxyl groups is 1. The van der Waals surface area contributed by atoms with Crippen molar-refractivity contribution in [2.45, 2.75) is 42.0 Å². The van der Waals surface area contributed by atoms with E-state index >= 15 is 0 Å². The van der Waals surface area contributed by atoms with E-state index in [2.05, 4.69) is 0 Å². The van der Waals surface area contributed by atoms with E-state index in [1.54, 1.807) is 25.1 Å². The number of phenolic OH excluding ortho intramolecular Hbond substituents is 1. The molecule has 3 aromatic rings. The molecule has 3 fully saturated rings. The van der Waals surface area contributed by atoms with Crippen molar-refractivity contribution in [1.29, 1.82) is 0 Å². The van der Waals surface area contributed by atoms with Crippen LogP contribution in [0.2, 0.25) is 0 Å². The van der Waals surface area contributed by atoms with E-state index in [0.29, 0.717) is 16.7 Å². The van der Waals surface area contributed by atoms with Crippen LogP contribution < -0.4 is 4.90 Å². The lowest BCUT2D eigenvalue weighted by Crippen LogP contribution is -2.60. The summed E-state index contributed by atoms with van der Waals surface area (Å²) < 4.78 is 13.8. The van der Waals surface area contributed by atoms with Crippen LogP contribution in [0.15, 0.2) is 84.4 Å². The van der Waals surface area contributed by atoms with Gasteiger partial charge in [-0.2, -0.15) is 0 Å². The molecule has 4 aliphatic rings. The lowest BCUT2D eigenvalue weighted by molar-refractivity contribution is -0.141. The molecule has 7 rings (SSSR count). The number of halogens is 3. The van der Waals surface area contributed by atoms with Crippen molar-refractivity contribution >= 4 is 52.5 Å². The summed E-state index contributed by atoms with van der Waals surface area (Å²) in [4.78, 5) is 54.3. The van der Waals surface area contributed by atoms with Gasteiger partial charge in [0.15, 0.2) is 9.75 Å². The van der Waals surface area contributed by atoms with Crippen LogP contribution in [0.4, 0.5) is 10.1 Å². The third-order valence-electron chi connectivity index (χ3n) is 9.75. The molecule has 2 aliphatic heterocycles. The molecule has 224 valence electrons. The van der Waals surface area contributed by atoms with Gasteiger partial charge in [0.1, 0.15) is 11.6 Å². The number of allylic oxidation sites excluding steroid dienone is 2. The van der Waals surface area contributed by atoms with E-state index in [9.17, 15) is 28.7 Å². The highest BCUT2D eigenvalue weighted by atomic mass is 35.5. The van der Waals surface area contributed by atoms with Gasteiger partial charge < -0.3 is 5.11 Å². The Balaban J connectivity index is 1.38. The molecule has 44 heavy (non-hydrogen) atoms. The zero-order valence-corrected chi connectivity index (χ0v) is 25.1. The number of anilines is 1. The molecular formula is C34H27Cl2FN2O5. The average molecular weight is 634 g/mol. The number of aryl methyl sites for hydroxylation is 1. The number of rotatable bonds is 4. The van der Waals surface area contributed by atoms with E-state index in [4.69, 9.17) is 23.2 Å². The normalized spacial score (nSPS) is 31.1. The van der Waals surface area contributed by atoms with Crippen molar-refractivity contribution in [2.75, 3.05) is 4.90 Å². The van der Waals surface area contributed by atoms with E-state index in [1.807, 2.05) is 36.4 Å². The first-order valence-corrected chi connectivity index (χ1v) is 15.1. The third kappa shape index (κ3) is 3.80. The number of nitrogens with zero attached hydrogens (tertiary/aromatic N) is 2. The number of hydrogen-bond donors (Lipinski definition) is 1. The number of alkyl halides is 2. The lowest BCUT2D eigenvalue weighted by Gasteiger charge is -2.50. The van der Waals surface area contributed by atoms with E-state index in [-0.39, 0.29) is 42.6 Å². The maximum absolute atomic E-state index is 14.4. The van der Waals surface area contributed by atoms with Gasteiger partial charge in [0.25, 0.3) is 11.8 Å². The number of phenols is 1. The predicted octanol–water partition coefficient (Wildman–Crippen LogP) is 5.60. The minimum Gasteiger partial charge on any atom is -0.507 e. The number of carbonyl (C=O) groups is 4. The zero-order valence-electron chi connectivity index (χ0n) is 23.5. The smallest absolute Gasteiger partial charge is 0.258 e. The van der Waals surface area contributed by atoms with Gasteiger partial charge in [-0.1, -0.05) is 60.2 Å². The van der Waals surface area contributed by atoms with Crippen LogP contribution in [0, 0.1) is 30.5 Å². The first kappa shape index (κ1) is 28.7. The molecule has 1 N–H and O–H groups in total. The zero-order chi connectivity index (χ0) is 31.1. The second kappa shape index (κ2) is 10.0. The number of hydrogen-bond acceptors (Lipinski definition) is 5. The summed E-state index contributed by atoms with van der Waals surface area (Å²) in [6.45, 7) is 1.81. The Morgan fingerprint density at radius 1 is 0.886 bits per heavy atom. The number of carbonyl (C=O) groups excluding carboxylic acids is 4. The van der Waals surface area contributed by atoms with Crippen LogP contribution in [0.1, 0.15) is 35.4 Å². The fourth-order valence-corrected chi connectivity index (χ4v) is 8.57. The molecule has 4 amide bonds. The average Bonchev–Trinajstić information content (AvgIpc) is 3.33. The summed E-state index contributed by atoms with van der Waals surface area (Å²) in [6.07, 6.45) is 1.87. The maximum Gasteiger partial charge on any atom is 0.258 e. The number of amides is 4. The largest absolute Gasteiger partial charge is 0.507 e. The van der Waals surface area contributed by atoms with Gasteiger partial charge in [-0.25, -0.2) is 9.29 Å². The summed E-state index contributed by atoms with van der Waals surface area (Å²) in [5.74, 6) is -6.28. The third-order valence-corrected chi connectivity index (χ3v) is 11.2. The standard InChI is InChI=1S/C34H27Cl2FN2O5/c1-18-6-5-9-24(28(18)40)27-22-14-15-23-26(30(42)38(29(23)41)17-19-7-3-2-4-8-19)25(22)16-33(35)31(43)39(32(44)34(27,33)36)21-12-10-20(37)11-13-21/h2-14,23,25-27,40H,15-17H2,1H3/t23-,25+,26-,27+,33+,34-/m0/s1. The highest BCUT2D eigenvalue weighted by molar-refractivity contribution is 6.58. The minimum absolute atomic E-state index is 0.0963. The van der Waals surface area contributed by atoms with Gasteiger partial charge in [0.2, 0.25) is 11.8 Å². The van der Waals surface area contributed by atoms with Crippen molar-refractivity contribution in [2.24, 2.45) is 17.8 Å². The molecule has 2 saturated heterocycles. The summed E-state index contributed by atoms with van der Waals surface area (Å²) in [5.41, 5.74) is 2.29. The van der Waals surface area contributed by atoms with Gasteiger partial charge in [0, 0.05) is 11.5 Å². The van der Waals surface area contributed by atoms with Crippen LogP contribution in [0.25, 0.3) is 0 Å². The maximum atomic E-state index is 14.4. The fraction of sp³-hybridized carbons (Fsp3) is 0.294. The molecule has 7 nitrogen and oxygen atoms in total. The van der Waals surface area contributed by atoms with Gasteiger partial charge >= 0.3 is 0 Å². The summed E-state index contributed by atoms with van der Waals surface area (Å²) in [6, 6.07) is 19.1. The molecule has 2 aliphatic carbocycles. The van der Waals surface area contributed by atoms with Crippen molar-refractivity contribution in [1.82, 2.24) is 4.90 Å². The van der Waals surface area contributed by atoms with Crippen LogP contribution in [0.3, 0.4) is 0 Å². The summed E-state index contributed by atoms with van der Waals surface area (Å²) in [7, 11) is 0. The van der Waals surface area contributed by atoms with E-state index in [0.717, 1.165) is 22.6 Å². The number of likely N-dealkylation sites (tertiary alicyclic amines) is 1.